The van der Waals surface area contributed by atoms with Crippen LogP contribution in [0.3, 0.4) is 0 Å². The van der Waals surface area contributed by atoms with Crippen molar-refractivity contribution in [2.24, 2.45) is 0 Å². The van der Waals surface area contributed by atoms with Crippen LogP contribution in [0.1, 0.15) is 25.7 Å². The molecule has 1 heterocycles. The van der Waals surface area contributed by atoms with E-state index in [0.29, 0.717) is 23.3 Å². The maximum atomic E-state index is 10.2. The van der Waals surface area contributed by atoms with Crippen LogP contribution < -0.4 is 10.6 Å². The standard InChI is InChI=1S/C11H17ClN4O/c1-13-10-14-6-8(12)9(16-10)15-7-11(17)4-2-3-5-11/h6,17H,2-5,7H2,1H3,(H2,13,14,15,16). The van der Waals surface area contributed by atoms with Crippen molar-refractivity contribution in [2.45, 2.75) is 31.3 Å². The number of hydrogen-bond donors (Lipinski definition) is 3. The Hall–Kier alpha value is -1.07. The molecule has 0 amide bonds. The lowest BCUT2D eigenvalue weighted by molar-refractivity contribution is 0.0614. The molecule has 0 bridgehead atoms. The number of halogens is 1. The fourth-order valence-electron chi connectivity index (χ4n) is 2.07. The minimum absolute atomic E-state index is 0.464. The van der Waals surface area contributed by atoms with Crippen LogP contribution in [-0.2, 0) is 0 Å². The van der Waals surface area contributed by atoms with Gasteiger partial charge in [-0.15, -0.1) is 0 Å². The van der Waals surface area contributed by atoms with Crippen LogP contribution in [0.5, 0.6) is 0 Å². The topological polar surface area (TPSA) is 70.1 Å². The van der Waals surface area contributed by atoms with Crippen molar-refractivity contribution in [3.63, 3.8) is 0 Å². The van der Waals surface area contributed by atoms with Gasteiger partial charge in [-0.05, 0) is 12.8 Å². The third-order valence-electron chi connectivity index (χ3n) is 3.09. The summed E-state index contributed by atoms with van der Waals surface area (Å²) in [5.41, 5.74) is -0.617. The maximum absolute atomic E-state index is 10.2. The number of anilines is 2. The van der Waals surface area contributed by atoms with Gasteiger partial charge in [-0.2, -0.15) is 4.98 Å². The van der Waals surface area contributed by atoms with E-state index in [1.807, 2.05) is 0 Å². The van der Waals surface area contributed by atoms with Crippen molar-refractivity contribution in [1.82, 2.24) is 9.97 Å². The third-order valence-corrected chi connectivity index (χ3v) is 3.36. The largest absolute Gasteiger partial charge is 0.388 e. The molecule has 0 radical (unpaired) electrons. The lowest BCUT2D eigenvalue weighted by Gasteiger charge is -2.23. The molecule has 5 nitrogen and oxygen atoms in total. The zero-order chi connectivity index (χ0) is 12.3. The van der Waals surface area contributed by atoms with Crippen LogP contribution >= 0.6 is 11.6 Å². The number of nitrogens with zero attached hydrogens (tertiary/aromatic N) is 2. The summed E-state index contributed by atoms with van der Waals surface area (Å²) in [6.45, 7) is 0.479. The lowest BCUT2D eigenvalue weighted by Crippen LogP contribution is -2.33. The van der Waals surface area contributed by atoms with Gasteiger partial charge in [0.2, 0.25) is 5.95 Å². The normalized spacial score (nSPS) is 18.1. The molecule has 94 valence electrons. The second-order valence-corrected chi connectivity index (χ2v) is 4.83. The summed E-state index contributed by atoms with van der Waals surface area (Å²) in [4.78, 5) is 8.20. The summed E-state index contributed by atoms with van der Waals surface area (Å²) in [7, 11) is 1.75. The van der Waals surface area contributed by atoms with Gasteiger partial charge >= 0.3 is 0 Å². The summed E-state index contributed by atoms with van der Waals surface area (Å²) in [6, 6.07) is 0. The number of hydrogen-bond acceptors (Lipinski definition) is 5. The number of aliphatic hydroxyl groups is 1. The first-order valence-corrected chi connectivity index (χ1v) is 6.17. The molecular formula is C11H17ClN4O. The summed E-state index contributed by atoms with van der Waals surface area (Å²) < 4.78 is 0. The second kappa shape index (κ2) is 5.06. The predicted octanol–water partition coefficient (Wildman–Crippen LogP) is 1.89. The first-order valence-electron chi connectivity index (χ1n) is 5.79. The number of aromatic nitrogens is 2. The van der Waals surface area contributed by atoms with Crippen molar-refractivity contribution in [2.75, 3.05) is 24.2 Å². The fourth-order valence-corrected chi connectivity index (χ4v) is 2.23. The van der Waals surface area contributed by atoms with Crippen LogP contribution in [0.4, 0.5) is 11.8 Å². The zero-order valence-electron chi connectivity index (χ0n) is 9.83. The number of rotatable bonds is 4. The summed E-state index contributed by atoms with van der Waals surface area (Å²) in [5, 5.41) is 16.6. The lowest BCUT2D eigenvalue weighted by atomic mass is 10.0. The molecule has 0 atom stereocenters. The summed E-state index contributed by atoms with van der Waals surface area (Å²) in [5.74, 6) is 1.07. The zero-order valence-corrected chi connectivity index (χ0v) is 10.6. The van der Waals surface area contributed by atoms with Crippen LogP contribution in [0, 0.1) is 0 Å². The van der Waals surface area contributed by atoms with Gasteiger partial charge in [-0.25, -0.2) is 4.98 Å². The van der Waals surface area contributed by atoms with Crippen LogP contribution in [-0.4, -0.2) is 34.3 Å². The molecule has 1 aliphatic rings. The van der Waals surface area contributed by atoms with E-state index in [1.165, 1.54) is 0 Å². The first kappa shape index (κ1) is 12.4. The molecule has 1 aliphatic carbocycles. The average Bonchev–Trinajstić information content (AvgIpc) is 2.76. The SMILES string of the molecule is CNc1ncc(Cl)c(NCC2(O)CCCC2)n1. The van der Waals surface area contributed by atoms with Crippen molar-refractivity contribution in [3.05, 3.63) is 11.2 Å². The molecule has 3 N–H and O–H groups in total. The Morgan fingerprint density at radius 1 is 1.47 bits per heavy atom. The van der Waals surface area contributed by atoms with E-state index in [2.05, 4.69) is 20.6 Å². The molecule has 6 heteroatoms. The Bertz CT molecular complexity index is 393. The highest BCUT2D eigenvalue weighted by molar-refractivity contribution is 6.32. The Balaban J connectivity index is 2.02. The molecule has 17 heavy (non-hydrogen) atoms. The monoisotopic (exact) mass is 256 g/mol. The molecule has 1 fully saturated rings. The van der Waals surface area contributed by atoms with Crippen molar-refractivity contribution in [3.8, 4) is 0 Å². The summed E-state index contributed by atoms with van der Waals surface area (Å²) >= 11 is 5.99. The molecule has 1 aromatic rings. The fraction of sp³-hybridized carbons (Fsp3) is 0.636. The quantitative estimate of drug-likeness (QED) is 0.768. The molecule has 0 spiro atoms. The van der Waals surface area contributed by atoms with Crippen molar-refractivity contribution in [1.29, 1.82) is 0 Å². The molecule has 1 aromatic heterocycles. The van der Waals surface area contributed by atoms with Crippen molar-refractivity contribution < 1.29 is 5.11 Å². The highest BCUT2D eigenvalue weighted by Crippen LogP contribution is 2.30. The molecule has 2 rings (SSSR count). The van der Waals surface area contributed by atoms with E-state index in [-0.39, 0.29) is 0 Å². The van der Waals surface area contributed by atoms with Crippen molar-refractivity contribution >= 4 is 23.4 Å². The molecule has 1 saturated carbocycles. The van der Waals surface area contributed by atoms with Gasteiger partial charge in [0.05, 0.1) is 11.8 Å². The van der Waals surface area contributed by atoms with E-state index >= 15 is 0 Å². The van der Waals surface area contributed by atoms with E-state index in [9.17, 15) is 5.11 Å². The Morgan fingerprint density at radius 3 is 2.82 bits per heavy atom. The highest BCUT2D eigenvalue weighted by atomic mass is 35.5. The smallest absolute Gasteiger partial charge is 0.224 e. The Morgan fingerprint density at radius 2 is 2.18 bits per heavy atom. The summed E-state index contributed by atoms with van der Waals surface area (Å²) in [6.07, 6.45) is 5.37. The first-order chi connectivity index (χ1) is 8.13. The molecule has 0 aliphatic heterocycles. The Kier molecular flexibility index (Phi) is 3.69. The molecule has 0 aromatic carbocycles. The average molecular weight is 257 g/mol. The third kappa shape index (κ3) is 2.98. The van der Waals surface area contributed by atoms with E-state index in [1.54, 1.807) is 13.2 Å². The van der Waals surface area contributed by atoms with Gasteiger partial charge in [0.1, 0.15) is 5.02 Å². The van der Waals surface area contributed by atoms with E-state index in [0.717, 1.165) is 25.7 Å². The predicted molar refractivity (Wildman–Crippen MR) is 68.5 cm³/mol. The van der Waals surface area contributed by atoms with Gasteiger partial charge in [-0.3, -0.25) is 0 Å². The van der Waals surface area contributed by atoms with Gasteiger partial charge < -0.3 is 15.7 Å². The molecular weight excluding hydrogens is 240 g/mol. The Labute approximate surface area is 106 Å². The second-order valence-electron chi connectivity index (χ2n) is 4.43. The number of nitrogens with one attached hydrogen (secondary N) is 2. The van der Waals surface area contributed by atoms with Crippen LogP contribution in [0.2, 0.25) is 5.02 Å². The minimum atomic E-state index is -0.617. The van der Waals surface area contributed by atoms with Crippen LogP contribution in [0.25, 0.3) is 0 Å². The minimum Gasteiger partial charge on any atom is -0.388 e. The maximum Gasteiger partial charge on any atom is 0.224 e. The van der Waals surface area contributed by atoms with E-state index in [4.69, 9.17) is 11.6 Å². The van der Waals surface area contributed by atoms with Gasteiger partial charge in [0.15, 0.2) is 5.82 Å². The molecule has 0 unspecified atom stereocenters. The van der Waals surface area contributed by atoms with Gasteiger partial charge in [0, 0.05) is 13.6 Å². The molecule has 0 saturated heterocycles. The van der Waals surface area contributed by atoms with E-state index < -0.39 is 5.60 Å². The highest BCUT2D eigenvalue weighted by Gasteiger charge is 2.30. The van der Waals surface area contributed by atoms with Crippen LogP contribution in [0.15, 0.2) is 6.20 Å². The van der Waals surface area contributed by atoms with Gasteiger partial charge in [0.25, 0.3) is 0 Å². The van der Waals surface area contributed by atoms with Gasteiger partial charge in [-0.1, -0.05) is 24.4 Å².